The van der Waals surface area contributed by atoms with Gasteiger partial charge in [-0.3, -0.25) is 5.32 Å². The number of halogens is 6. The predicted octanol–water partition coefficient (Wildman–Crippen LogP) is 2.32. The molecule has 0 aliphatic heterocycles. The lowest BCUT2D eigenvalue weighted by Crippen LogP contribution is -2.67. The molecule has 18 heavy (non-hydrogen) atoms. The highest BCUT2D eigenvalue weighted by atomic mass is 19.4. The highest BCUT2D eigenvalue weighted by Gasteiger charge is 2.72. The second-order valence-corrected chi connectivity index (χ2v) is 3.46. The van der Waals surface area contributed by atoms with Crippen LogP contribution in [0, 0.1) is 0 Å². The minimum Gasteiger partial charge on any atom is -0.446 e. The number of aliphatic hydroxyl groups is 1. The van der Waals surface area contributed by atoms with Crippen molar-refractivity contribution in [3.63, 3.8) is 0 Å². The lowest BCUT2D eigenvalue weighted by atomic mass is 10.2. The quantitative estimate of drug-likeness (QED) is 0.617. The zero-order valence-corrected chi connectivity index (χ0v) is 9.32. The number of carbonyl (C=O) groups is 1. The zero-order chi connectivity index (χ0) is 14.8. The molecule has 0 heterocycles. The minimum absolute atomic E-state index is 0.184. The van der Waals surface area contributed by atoms with Crippen molar-refractivity contribution in [2.45, 2.75) is 44.4 Å². The maximum atomic E-state index is 12.1. The smallest absolute Gasteiger partial charge is 0.446 e. The van der Waals surface area contributed by atoms with Gasteiger partial charge >= 0.3 is 24.2 Å². The second kappa shape index (κ2) is 5.21. The van der Waals surface area contributed by atoms with E-state index in [2.05, 4.69) is 4.74 Å². The summed E-state index contributed by atoms with van der Waals surface area (Å²) in [6, 6.07) is 0. The molecule has 0 rings (SSSR count). The average molecular weight is 283 g/mol. The summed E-state index contributed by atoms with van der Waals surface area (Å²) in [7, 11) is 0. The number of amides is 1. The van der Waals surface area contributed by atoms with Crippen LogP contribution in [0.3, 0.4) is 0 Å². The van der Waals surface area contributed by atoms with Crippen LogP contribution in [0.5, 0.6) is 0 Å². The van der Waals surface area contributed by atoms with Crippen molar-refractivity contribution in [1.82, 2.24) is 5.32 Å². The Balaban J connectivity index is 5.01. The van der Waals surface area contributed by atoms with Gasteiger partial charge in [0.2, 0.25) is 0 Å². The van der Waals surface area contributed by atoms with Gasteiger partial charge < -0.3 is 9.84 Å². The maximum absolute atomic E-state index is 12.1. The van der Waals surface area contributed by atoms with E-state index in [9.17, 15) is 31.1 Å². The fourth-order valence-corrected chi connectivity index (χ4v) is 0.746. The first-order valence-electron chi connectivity index (χ1n) is 4.69. The highest BCUT2D eigenvalue weighted by molar-refractivity contribution is 5.68. The van der Waals surface area contributed by atoms with Crippen LogP contribution in [0.25, 0.3) is 0 Å². The summed E-state index contributed by atoms with van der Waals surface area (Å²) in [4.78, 5) is 10.8. The van der Waals surface area contributed by atoms with Crippen LogP contribution in [-0.4, -0.2) is 35.4 Å². The monoisotopic (exact) mass is 283 g/mol. The first kappa shape index (κ1) is 16.8. The van der Waals surface area contributed by atoms with Gasteiger partial charge in [0.15, 0.2) is 0 Å². The fraction of sp³-hybridized carbons (Fsp3) is 0.875. The number of nitrogens with one attached hydrogen (secondary N) is 1. The normalized spacial score (nSPS) is 15.2. The summed E-state index contributed by atoms with van der Waals surface area (Å²) in [6.45, 7) is 2.76. The molecule has 0 aromatic heterocycles. The Labute approximate surface area is 97.9 Å². The first-order chi connectivity index (χ1) is 7.85. The molecule has 0 saturated carbocycles. The standard InChI is InChI=1S/C8H11F6NO3/c1-3-4(2)18-5(16)15-6(17,7(9,10)11)8(12,13)14/h4,17H,3H2,1-2H3,(H,15,16). The Hall–Kier alpha value is -1.19. The molecule has 0 radical (unpaired) electrons. The molecular weight excluding hydrogens is 272 g/mol. The average Bonchev–Trinajstić information content (AvgIpc) is 2.13. The van der Waals surface area contributed by atoms with Gasteiger partial charge in [-0.05, 0) is 13.3 Å². The van der Waals surface area contributed by atoms with Crippen LogP contribution in [-0.2, 0) is 4.74 Å². The summed E-state index contributed by atoms with van der Waals surface area (Å²) >= 11 is 0. The van der Waals surface area contributed by atoms with Crippen LogP contribution in [0.1, 0.15) is 20.3 Å². The van der Waals surface area contributed by atoms with Crippen LogP contribution in [0.2, 0.25) is 0 Å². The van der Waals surface area contributed by atoms with Gasteiger partial charge in [-0.2, -0.15) is 26.3 Å². The van der Waals surface area contributed by atoms with Gasteiger partial charge in [-0.15, -0.1) is 0 Å². The zero-order valence-electron chi connectivity index (χ0n) is 9.32. The molecule has 1 unspecified atom stereocenters. The first-order valence-corrected chi connectivity index (χ1v) is 4.69. The molecule has 4 nitrogen and oxygen atoms in total. The van der Waals surface area contributed by atoms with Gasteiger partial charge in [0.05, 0.1) is 0 Å². The van der Waals surface area contributed by atoms with Crippen LogP contribution >= 0.6 is 0 Å². The Kier molecular flexibility index (Phi) is 4.86. The van der Waals surface area contributed by atoms with Gasteiger partial charge in [-0.25, -0.2) is 4.79 Å². The lowest BCUT2D eigenvalue weighted by molar-refractivity contribution is -0.376. The molecule has 0 aromatic carbocycles. The summed E-state index contributed by atoms with van der Waals surface area (Å²) in [6.07, 6.45) is -15.0. The van der Waals surface area contributed by atoms with E-state index < -0.39 is 30.3 Å². The molecule has 108 valence electrons. The maximum Gasteiger partial charge on any atom is 0.446 e. The van der Waals surface area contributed by atoms with Crippen molar-refractivity contribution < 1.29 is 41.0 Å². The number of rotatable bonds is 3. The topological polar surface area (TPSA) is 58.6 Å². The molecule has 0 spiro atoms. The molecule has 1 amide bonds. The number of alkyl halides is 6. The summed E-state index contributed by atoms with van der Waals surface area (Å²) < 4.78 is 77.0. The molecule has 0 saturated heterocycles. The molecule has 0 aliphatic rings. The van der Waals surface area contributed by atoms with Crippen LogP contribution in [0.15, 0.2) is 0 Å². The molecule has 0 fully saturated rings. The number of hydrogen-bond donors (Lipinski definition) is 2. The Morgan fingerprint density at radius 1 is 1.22 bits per heavy atom. The Morgan fingerprint density at radius 3 is 1.89 bits per heavy atom. The van der Waals surface area contributed by atoms with Crippen LogP contribution in [0.4, 0.5) is 31.1 Å². The number of ether oxygens (including phenoxy) is 1. The van der Waals surface area contributed by atoms with Crippen molar-refractivity contribution in [1.29, 1.82) is 0 Å². The molecule has 1 atom stereocenters. The van der Waals surface area contributed by atoms with E-state index in [1.807, 2.05) is 0 Å². The van der Waals surface area contributed by atoms with Crippen molar-refractivity contribution in [3.05, 3.63) is 0 Å². The Bertz CT molecular complexity index is 286. The summed E-state index contributed by atoms with van der Waals surface area (Å²) in [5.41, 5.74) is -5.34. The molecule has 2 N–H and O–H groups in total. The number of alkyl carbamates (subject to hydrolysis) is 1. The minimum atomic E-state index is -6.13. The number of carbonyl (C=O) groups excluding carboxylic acids is 1. The second-order valence-electron chi connectivity index (χ2n) is 3.46. The van der Waals surface area contributed by atoms with E-state index in [1.54, 1.807) is 0 Å². The molecule has 0 aromatic rings. The summed E-state index contributed by atoms with van der Waals surface area (Å²) in [5, 5.41) is 8.96. The molecular formula is C8H11F6NO3. The van der Waals surface area contributed by atoms with Crippen LogP contribution < -0.4 is 5.32 Å². The third kappa shape index (κ3) is 3.65. The van der Waals surface area contributed by atoms with E-state index >= 15 is 0 Å². The molecule has 10 heteroatoms. The van der Waals surface area contributed by atoms with Gasteiger partial charge in [0, 0.05) is 0 Å². The van der Waals surface area contributed by atoms with E-state index in [4.69, 9.17) is 5.11 Å². The van der Waals surface area contributed by atoms with Gasteiger partial charge in [0.25, 0.3) is 0 Å². The molecule has 0 bridgehead atoms. The van der Waals surface area contributed by atoms with E-state index in [1.165, 1.54) is 13.8 Å². The largest absolute Gasteiger partial charge is 0.446 e. The van der Waals surface area contributed by atoms with Gasteiger partial charge in [-0.1, -0.05) is 6.92 Å². The van der Waals surface area contributed by atoms with E-state index in [0.29, 0.717) is 5.32 Å². The number of hydrogen-bond acceptors (Lipinski definition) is 3. The fourth-order valence-electron chi connectivity index (χ4n) is 0.746. The third-order valence-electron chi connectivity index (χ3n) is 1.99. The third-order valence-corrected chi connectivity index (χ3v) is 1.99. The van der Waals surface area contributed by atoms with E-state index in [0.717, 1.165) is 0 Å². The van der Waals surface area contributed by atoms with E-state index in [-0.39, 0.29) is 6.42 Å². The van der Waals surface area contributed by atoms with Crippen molar-refractivity contribution in [3.8, 4) is 0 Å². The molecule has 0 aliphatic carbocycles. The lowest BCUT2D eigenvalue weighted by Gasteiger charge is -2.32. The van der Waals surface area contributed by atoms with Crippen molar-refractivity contribution >= 4 is 6.09 Å². The predicted molar refractivity (Wildman–Crippen MR) is 46.4 cm³/mol. The van der Waals surface area contributed by atoms with Crippen molar-refractivity contribution in [2.75, 3.05) is 0 Å². The van der Waals surface area contributed by atoms with Gasteiger partial charge in [0.1, 0.15) is 6.10 Å². The van der Waals surface area contributed by atoms with Crippen molar-refractivity contribution in [2.24, 2.45) is 0 Å². The highest BCUT2D eigenvalue weighted by Crippen LogP contribution is 2.41. The summed E-state index contributed by atoms with van der Waals surface area (Å²) in [5.74, 6) is 0. The Morgan fingerprint density at radius 2 is 1.61 bits per heavy atom. The SMILES string of the molecule is CCC(C)OC(=O)NC(O)(C(F)(F)F)C(F)(F)F.